The van der Waals surface area contributed by atoms with Gasteiger partial charge >= 0.3 is 0 Å². The van der Waals surface area contributed by atoms with Crippen LogP contribution in [0.1, 0.15) is 29.6 Å². The van der Waals surface area contributed by atoms with Crippen LogP contribution in [0.25, 0.3) is 0 Å². The minimum absolute atomic E-state index is 0.0409. The van der Waals surface area contributed by atoms with Crippen molar-refractivity contribution in [3.8, 4) is 0 Å². The third-order valence-corrected chi connectivity index (χ3v) is 4.00. The maximum Gasteiger partial charge on any atom is 0.252 e. The normalized spacial score (nSPS) is 14.4. The Kier molecular flexibility index (Phi) is 6.43. The number of carbonyl (C=O) groups excluding carboxylic acids is 2. The van der Waals surface area contributed by atoms with Gasteiger partial charge in [-0.3, -0.25) is 9.59 Å². The Morgan fingerprint density at radius 1 is 1.33 bits per heavy atom. The van der Waals surface area contributed by atoms with E-state index in [1.165, 1.54) is 16.9 Å². The van der Waals surface area contributed by atoms with Gasteiger partial charge in [-0.05, 0) is 30.8 Å². The summed E-state index contributed by atoms with van der Waals surface area (Å²) in [4.78, 5) is 23.4. The fourth-order valence-corrected chi connectivity index (χ4v) is 2.71. The van der Waals surface area contributed by atoms with Gasteiger partial charge in [0, 0.05) is 37.0 Å². The van der Waals surface area contributed by atoms with Gasteiger partial charge in [0.2, 0.25) is 5.91 Å². The monoisotopic (exact) mass is 307 g/mol. The number of nitrogens with one attached hydrogen (secondary N) is 3. The molecule has 6 heteroatoms. The number of rotatable bonds is 7. The minimum atomic E-state index is -0.0727. The highest BCUT2D eigenvalue weighted by atomic mass is 32.1. The molecule has 0 aliphatic carbocycles. The molecule has 5 nitrogen and oxygen atoms in total. The summed E-state index contributed by atoms with van der Waals surface area (Å²) in [5.41, 5.74) is 1.97. The summed E-state index contributed by atoms with van der Waals surface area (Å²) >= 11 is 1.50. The molecule has 2 heterocycles. The highest BCUT2D eigenvalue weighted by Crippen LogP contribution is 2.05. The highest BCUT2D eigenvalue weighted by Gasteiger charge is 2.07. The van der Waals surface area contributed by atoms with Crippen LogP contribution in [0.2, 0.25) is 0 Å². The predicted octanol–water partition coefficient (Wildman–Crippen LogP) is 1.29. The topological polar surface area (TPSA) is 70.2 Å². The standard InChI is InChI=1S/C15H21N3O2S/c19-14(18-10-12-3-7-16-8-4-12)2-1-6-17-15(20)13-5-9-21-11-13/h3,5,9,11,16H,1-2,4,6-8,10H2,(H,17,20)(H,18,19). The van der Waals surface area contributed by atoms with E-state index in [1.807, 2.05) is 10.8 Å². The molecule has 0 radical (unpaired) electrons. The summed E-state index contributed by atoms with van der Waals surface area (Å²) in [7, 11) is 0. The molecule has 2 amide bonds. The molecule has 1 aromatic rings. The van der Waals surface area contributed by atoms with Gasteiger partial charge in [-0.2, -0.15) is 11.3 Å². The molecule has 1 aliphatic heterocycles. The van der Waals surface area contributed by atoms with Crippen molar-refractivity contribution in [2.24, 2.45) is 0 Å². The second-order valence-electron chi connectivity index (χ2n) is 4.96. The zero-order chi connectivity index (χ0) is 14.9. The van der Waals surface area contributed by atoms with E-state index < -0.39 is 0 Å². The van der Waals surface area contributed by atoms with Crippen LogP contribution in [0.5, 0.6) is 0 Å². The lowest BCUT2D eigenvalue weighted by Crippen LogP contribution is -2.30. The van der Waals surface area contributed by atoms with Crippen LogP contribution < -0.4 is 16.0 Å². The van der Waals surface area contributed by atoms with Crippen LogP contribution in [0.15, 0.2) is 28.5 Å². The lowest BCUT2D eigenvalue weighted by molar-refractivity contribution is -0.121. The molecule has 114 valence electrons. The Balaban J connectivity index is 1.55. The Bertz CT molecular complexity index is 497. The average Bonchev–Trinajstić information content (AvgIpc) is 3.05. The molecule has 0 unspecified atom stereocenters. The van der Waals surface area contributed by atoms with Gasteiger partial charge in [0.1, 0.15) is 0 Å². The van der Waals surface area contributed by atoms with Gasteiger partial charge in [-0.1, -0.05) is 11.6 Å². The molecule has 21 heavy (non-hydrogen) atoms. The first-order chi connectivity index (χ1) is 10.3. The maximum atomic E-state index is 11.7. The molecule has 0 atom stereocenters. The molecule has 0 aromatic carbocycles. The van der Waals surface area contributed by atoms with Crippen molar-refractivity contribution in [1.29, 1.82) is 0 Å². The summed E-state index contributed by atoms with van der Waals surface area (Å²) in [6, 6.07) is 1.79. The summed E-state index contributed by atoms with van der Waals surface area (Å²) in [6.45, 7) is 3.03. The zero-order valence-electron chi connectivity index (χ0n) is 12.0. The number of hydrogen-bond acceptors (Lipinski definition) is 4. The van der Waals surface area contributed by atoms with Crippen molar-refractivity contribution in [3.63, 3.8) is 0 Å². The fraction of sp³-hybridized carbons (Fsp3) is 0.467. The van der Waals surface area contributed by atoms with E-state index >= 15 is 0 Å². The number of hydrogen-bond donors (Lipinski definition) is 3. The Hall–Kier alpha value is -1.66. The highest BCUT2D eigenvalue weighted by molar-refractivity contribution is 7.08. The summed E-state index contributed by atoms with van der Waals surface area (Å²) in [5, 5.41) is 12.7. The molecule has 0 saturated heterocycles. The average molecular weight is 307 g/mol. The lowest BCUT2D eigenvalue weighted by atomic mass is 10.1. The number of amides is 2. The third kappa shape index (κ3) is 5.69. The van der Waals surface area contributed by atoms with Crippen molar-refractivity contribution >= 4 is 23.2 Å². The van der Waals surface area contributed by atoms with Crippen LogP contribution in [0.4, 0.5) is 0 Å². The van der Waals surface area contributed by atoms with Crippen LogP contribution in [-0.2, 0) is 4.79 Å². The van der Waals surface area contributed by atoms with Crippen molar-refractivity contribution in [2.75, 3.05) is 26.2 Å². The van der Waals surface area contributed by atoms with Crippen molar-refractivity contribution in [3.05, 3.63) is 34.0 Å². The Morgan fingerprint density at radius 2 is 2.24 bits per heavy atom. The smallest absolute Gasteiger partial charge is 0.252 e. The molecule has 3 N–H and O–H groups in total. The van der Waals surface area contributed by atoms with E-state index in [1.54, 1.807) is 6.07 Å². The van der Waals surface area contributed by atoms with Crippen LogP contribution in [0.3, 0.4) is 0 Å². The minimum Gasteiger partial charge on any atom is -0.352 e. The molecule has 0 spiro atoms. The summed E-state index contributed by atoms with van der Waals surface area (Å²) in [6.07, 6.45) is 4.22. The van der Waals surface area contributed by atoms with E-state index in [9.17, 15) is 9.59 Å². The van der Waals surface area contributed by atoms with E-state index in [-0.39, 0.29) is 11.8 Å². The molecular formula is C15H21N3O2S. The van der Waals surface area contributed by atoms with E-state index in [0.717, 1.165) is 19.5 Å². The molecule has 0 bridgehead atoms. The zero-order valence-corrected chi connectivity index (χ0v) is 12.8. The van der Waals surface area contributed by atoms with Gasteiger partial charge in [0.15, 0.2) is 0 Å². The summed E-state index contributed by atoms with van der Waals surface area (Å²) in [5.74, 6) is -0.0317. The lowest BCUT2D eigenvalue weighted by Gasteiger charge is -2.14. The van der Waals surface area contributed by atoms with Gasteiger partial charge in [-0.25, -0.2) is 0 Å². The first-order valence-corrected chi connectivity index (χ1v) is 8.15. The second-order valence-corrected chi connectivity index (χ2v) is 5.74. The fourth-order valence-electron chi connectivity index (χ4n) is 2.08. The molecule has 1 aliphatic rings. The quantitative estimate of drug-likeness (QED) is 0.525. The third-order valence-electron chi connectivity index (χ3n) is 3.32. The van der Waals surface area contributed by atoms with Crippen LogP contribution in [0, 0.1) is 0 Å². The van der Waals surface area contributed by atoms with Gasteiger partial charge in [0.05, 0.1) is 0 Å². The maximum absolute atomic E-state index is 11.7. The van der Waals surface area contributed by atoms with Crippen molar-refractivity contribution < 1.29 is 9.59 Å². The van der Waals surface area contributed by atoms with Gasteiger partial charge < -0.3 is 16.0 Å². The van der Waals surface area contributed by atoms with Crippen molar-refractivity contribution in [2.45, 2.75) is 19.3 Å². The SMILES string of the molecule is O=C(CCCNC(=O)c1ccsc1)NCC1=CCNCC1. The molecule has 1 aromatic heterocycles. The van der Waals surface area contributed by atoms with E-state index in [2.05, 4.69) is 22.0 Å². The largest absolute Gasteiger partial charge is 0.352 e. The molecule has 2 rings (SSSR count). The second kappa shape index (κ2) is 8.59. The van der Waals surface area contributed by atoms with Crippen molar-refractivity contribution in [1.82, 2.24) is 16.0 Å². The Morgan fingerprint density at radius 3 is 2.95 bits per heavy atom. The molecular weight excluding hydrogens is 286 g/mol. The molecule has 0 saturated carbocycles. The predicted molar refractivity (Wildman–Crippen MR) is 84.5 cm³/mol. The number of thiophene rings is 1. The van der Waals surface area contributed by atoms with Gasteiger partial charge in [0.25, 0.3) is 5.91 Å². The summed E-state index contributed by atoms with van der Waals surface area (Å²) < 4.78 is 0. The first kappa shape index (κ1) is 15.7. The van der Waals surface area contributed by atoms with Crippen LogP contribution >= 0.6 is 11.3 Å². The Labute approximate surface area is 128 Å². The number of carbonyl (C=O) groups is 2. The van der Waals surface area contributed by atoms with E-state index in [4.69, 9.17) is 0 Å². The van der Waals surface area contributed by atoms with E-state index in [0.29, 0.717) is 31.5 Å². The first-order valence-electron chi connectivity index (χ1n) is 7.21. The molecule has 0 fully saturated rings. The van der Waals surface area contributed by atoms with Crippen LogP contribution in [-0.4, -0.2) is 38.0 Å². The van der Waals surface area contributed by atoms with Gasteiger partial charge in [-0.15, -0.1) is 0 Å².